The summed E-state index contributed by atoms with van der Waals surface area (Å²) in [5.74, 6) is 0.123. The fourth-order valence-corrected chi connectivity index (χ4v) is 1.76. The third-order valence-electron chi connectivity index (χ3n) is 2.56. The molecule has 2 N–H and O–H groups in total. The Morgan fingerprint density at radius 1 is 1.40 bits per heavy atom. The van der Waals surface area contributed by atoms with E-state index in [-0.39, 0.29) is 11.6 Å². The van der Waals surface area contributed by atoms with Crippen molar-refractivity contribution >= 4 is 17.3 Å². The fourth-order valence-electron chi connectivity index (χ4n) is 1.76. The zero-order chi connectivity index (χ0) is 10.8. The lowest BCUT2D eigenvalue weighted by Gasteiger charge is -2.08. The molecule has 78 valence electrons. The molecule has 2 aromatic rings. The molecule has 1 aromatic carbocycles. The van der Waals surface area contributed by atoms with Crippen LogP contribution in [0, 0.1) is 0 Å². The van der Waals surface area contributed by atoms with Crippen LogP contribution in [0.1, 0.15) is 24.8 Å². The Hall–Kier alpha value is -1.84. The minimum absolute atomic E-state index is 0.123. The highest BCUT2D eigenvalue weighted by Crippen LogP contribution is 2.23. The van der Waals surface area contributed by atoms with Crippen LogP contribution in [0.15, 0.2) is 23.0 Å². The molecule has 1 atom stereocenters. The molecule has 1 heterocycles. The van der Waals surface area contributed by atoms with E-state index in [1.165, 1.54) is 0 Å². The Bertz CT molecular complexity index is 539. The number of para-hydroxylation sites is 1. The van der Waals surface area contributed by atoms with Gasteiger partial charge < -0.3 is 14.8 Å². The van der Waals surface area contributed by atoms with Crippen molar-refractivity contribution in [3.05, 3.63) is 34.2 Å². The van der Waals surface area contributed by atoms with E-state index in [4.69, 9.17) is 0 Å². The third-order valence-corrected chi connectivity index (χ3v) is 2.56. The number of aldehydes is 1. The number of carbonyl (C=O) groups excluding carboxylic acids is 1. The molecule has 0 radical (unpaired) electrons. The van der Waals surface area contributed by atoms with Crippen LogP contribution in [-0.4, -0.2) is 16.3 Å². The number of carbonyl (C=O) groups is 1. The molecule has 1 aromatic heterocycles. The van der Waals surface area contributed by atoms with Crippen LogP contribution in [0.4, 0.5) is 0 Å². The number of benzene rings is 1. The lowest BCUT2D eigenvalue weighted by atomic mass is 9.97. The standard InChI is InChI=1S/C11H12N2O2/c1-7(5-6-14)8-3-2-4-9-10(8)13-11(15)12-9/h2-4,6-7H,5H2,1H3,(H2,12,13,15). The van der Waals surface area contributed by atoms with E-state index in [0.29, 0.717) is 6.42 Å². The molecular formula is C11H12N2O2. The van der Waals surface area contributed by atoms with Gasteiger partial charge in [-0.05, 0) is 17.5 Å². The molecule has 0 amide bonds. The predicted molar refractivity (Wildman–Crippen MR) is 58.0 cm³/mol. The van der Waals surface area contributed by atoms with Gasteiger partial charge in [-0.15, -0.1) is 0 Å². The molecule has 0 aliphatic carbocycles. The summed E-state index contributed by atoms with van der Waals surface area (Å²) in [6.45, 7) is 1.97. The topological polar surface area (TPSA) is 65.7 Å². The summed E-state index contributed by atoms with van der Waals surface area (Å²) in [6, 6.07) is 5.65. The molecule has 0 saturated heterocycles. The predicted octanol–water partition coefficient (Wildman–Crippen LogP) is 1.55. The molecule has 15 heavy (non-hydrogen) atoms. The SMILES string of the molecule is CC(CC=O)c1cccc2[nH]c(=O)[nH]c12. The van der Waals surface area contributed by atoms with E-state index in [0.717, 1.165) is 22.9 Å². The number of aromatic amines is 2. The van der Waals surface area contributed by atoms with Gasteiger partial charge in [0.15, 0.2) is 0 Å². The number of aromatic nitrogens is 2. The van der Waals surface area contributed by atoms with Crippen molar-refractivity contribution < 1.29 is 4.79 Å². The van der Waals surface area contributed by atoms with Crippen molar-refractivity contribution in [2.24, 2.45) is 0 Å². The molecule has 0 aliphatic heterocycles. The first-order valence-electron chi connectivity index (χ1n) is 4.87. The maximum absolute atomic E-state index is 11.1. The zero-order valence-corrected chi connectivity index (χ0v) is 8.41. The smallest absolute Gasteiger partial charge is 0.306 e. The monoisotopic (exact) mass is 204 g/mol. The Kier molecular flexibility index (Phi) is 2.41. The second-order valence-corrected chi connectivity index (χ2v) is 3.65. The number of nitrogens with one attached hydrogen (secondary N) is 2. The first-order chi connectivity index (χ1) is 7.22. The number of rotatable bonds is 3. The van der Waals surface area contributed by atoms with E-state index in [9.17, 15) is 9.59 Å². The van der Waals surface area contributed by atoms with Crippen molar-refractivity contribution in [1.82, 2.24) is 9.97 Å². The molecule has 0 fully saturated rings. The molecular weight excluding hydrogens is 192 g/mol. The van der Waals surface area contributed by atoms with Gasteiger partial charge in [0.2, 0.25) is 0 Å². The highest BCUT2D eigenvalue weighted by Gasteiger charge is 2.10. The second-order valence-electron chi connectivity index (χ2n) is 3.65. The highest BCUT2D eigenvalue weighted by molar-refractivity contribution is 5.79. The summed E-state index contributed by atoms with van der Waals surface area (Å²) >= 11 is 0. The number of H-pyrrole nitrogens is 2. The van der Waals surface area contributed by atoms with Crippen molar-refractivity contribution in [1.29, 1.82) is 0 Å². The van der Waals surface area contributed by atoms with Gasteiger partial charge >= 0.3 is 5.69 Å². The van der Waals surface area contributed by atoms with Crippen molar-refractivity contribution in [2.75, 3.05) is 0 Å². The second kappa shape index (κ2) is 3.73. The van der Waals surface area contributed by atoms with Crippen LogP contribution >= 0.6 is 0 Å². The lowest BCUT2D eigenvalue weighted by Crippen LogP contribution is -2.00. The normalized spacial score (nSPS) is 12.9. The molecule has 0 spiro atoms. The van der Waals surface area contributed by atoms with Crippen LogP contribution in [0.5, 0.6) is 0 Å². The van der Waals surface area contributed by atoms with E-state index in [2.05, 4.69) is 9.97 Å². The summed E-state index contributed by atoms with van der Waals surface area (Å²) in [5, 5.41) is 0. The van der Waals surface area contributed by atoms with Gasteiger partial charge in [0, 0.05) is 6.42 Å². The maximum atomic E-state index is 11.1. The first kappa shape index (κ1) is 9.71. The zero-order valence-electron chi connectivity index (χ0n) is 8.41. The Morgan fingerprint density at radius 3 is 2.93 bits per heavy atom. The molecule has 4 heteroatoms. The van der Waals surface area contributed by atoms with Crippen LogP contribution in [0.3, 0.4) is 0 Å². The van der Waals surface area contributed by atoms with Crippen LogP contribution in [-0.2, 0) is 4.79 Å². The largest absolute Gasteiger partial charge is 0.323 e. The summed E-state index contributed by atoms with van der Waals surface area (Å²) < 4.78 is 0. The van der Waals surface area contributed by atoms with Crippen LogP contribution in [0.2, 0.25) is 0 Å². The summed E-state index contributed by atoms with van der Waals surface area (Å²) in [5.41, 5.74) is 2.38. The maximum Gasteiger partial charge on any atom is 0.323 e. The Morgan fingerprint density at radius 2 is 2.20 bits per heavy atom. The molecule has 0 saturated carbocycles. The quantitative estimate of drug-likeness (QED) is 0.745. The molecule has 4 nitrogen and oxygen atoms in total. The van der Waals surface area contributed by atoms with Crippen LogP contribution in [0.25, 0.3) is 11.0 Å². The van der Waals surface area contributed by atoms with Crippen molar-refractivity contribution in [3.63, 3.8) is 0 Å². The van der Waals surface area contributed by atoms with Gasteiger partial charge in [-0.3, -0.25) is 0 Å². The van der Waals surface area contributed by atoms with Gasteiger partial charge in [-0.25, -0.2) is 4.79 Å². The van der Waals surface area contributed by atoms with E-state index in [1.54, 1.807) is 0 Å². The third kappa shape index (κ3) is 1.70. The Balaban J connectivity index is 2.59. The van der Waals surface area contributed by atoms with Gasteiger partial charge in [0.05, 0.1) is 11.0 Å². The molecule has 0 bridgehead atoms. The van der Waals surface area contributed by atoms with Crippen LogP contribution < -0.4 is 5.69 Å². The number of hydrogen-bond donors (Lipinski definition) is 2. The summed E-state index contributed by atoms with van der Waals surface area (Å²) in [7, 11) is 0. The van der Waals surface area contributed by atoms with Gasteiger partial charge in [-0.1, -0.05) is 19.1 Å². The fraction of sp³-hybridized carbons (Fsp3) is 0.273. The molecule has 1 unspecified atom stereocenters. The average molecular weight is 204 g/mol. The molecule has 0 aliphatic rings. The summed E-state index contributed by atoms with van der Waals surface area (Å²) in [4.78, 5) is 27.0. The van der Waals surface area contributed by atoms with Crippen molar-refractivity contribution in [2.45, 2.75) is 19.3 Å². The van der Waals surface area contributed by atoms with Crippen molar-refractivity contribution in [3.8, 4) is 0 Å². The molecule has 2 rings (SSSR count). The number of fused-ring (bicyclic) bond motifs is 1. The van der Waals surface area contributed by atoms with Gasteiger partial charge in [-0.2, -0.15) is 0 Å². The number of imidazole rings is 1. The average Bonchev–Trinajstić information content (AvgIpc) is 2.57. The van der Waals surface area contributed by atoms with Gasteiger partial charge in [0.1, 0.15) is 6.29 Å². The minimum atomic E-state index is -0.212. The van der Waals surface area contributed by atoms with E-state index in [1.807, 2.05) is 25.1 Å². The van der Waals surface area contributed by atoms with Gasteiger partial charge in [0.25, 0.3) is 0 Å². The minimum Gasteiger partial charge on any atom is -0.306 e. The first-order valence-corrected chi connectivity index (χ1v) is 4.87. The highest BCUT2D eigenvalue weighted by atomic mass is 16.1. The Labute approximate surface area is 86.3 Å². The lowest BCUT2D eigenvalue weighted by molar-refractivity contribution is -0.108. The number of hydrogen-bond acceptors (Lipinski definition) is 2. The van der Waals surface area contributed by atoms with E-state index < -0.39 is 0 Å². The van der Waals surface area contributed by atoms with E-state index >= 15 is 0 Å². The summed E-state index contributed by atoms with van der Waals surface area (Å²) in [6.07, 6.45) is 1.36.